The third-order valence-electron chi connectivity index (χ3n) is 12.0. The number of nitrogens with zero attached hydrogens (tertiary/aromatic N) is 1. The van der Waals surface area contributed by atoms with Gasteiger partial charge in [-0.15, -0.1) is 0 Å². The third-order valence-corrected chi connectivity index (χ3v) is 13.5. The molecule has 228 valence electrons. The summed E-state index contributed by atoms with van der Waals surface area (Å²) in [5.41, 5.74) is 0.454. The van der Waals surface area contributed by atoms with Crippen LogP contribution >= 0.6 is 0 Å². The summed E-state index contributed by atoms with van der Waals surface area (Å²) in [4.78, 5) is 28.5. The van der Waals surface area contributed by atoms with Gasteiger partial charge in [0.1, 0.15) is 12.0 Å². The average Bonchev–Trinajstić information content (AvgIpc) is 3.42. The predicted octanol–water partition coefficient (Wildman–Crippen LogP) is 4.01. The molecule has 4 aliphatic carbocycles. The molecule has 1 aliphatic heterocycles. The van der Waals surface area contributed by atoms with E-state index in [1.807, 2.05) is 31.2 Å². The van der Waals surface area contributed by atoms with E-state index in [9.17, 15) is 24.0 Å². The summed E-state index contributed by atoms with van der Waals surface area (Å²) >= 11 is -1.63. The molecule has 1 heterocycles. The molecule has 0 radical (unpaired) electrons. The van der Waals surface area contributed by atoms with Gasteiger partial charge in [-0.2, -0.15) is 0 Å². The molecule has 1 saturated heterocycles. The average molecular weight is 596 g/mol. The number of carbonyl (C=O) groups excluding carboxylic acids is 2. The Kier molecular flexibility index (Phi) is 8.01. The fourth-order valence-corrected chi connectivity index (χ4v) is 11.8. The van der Waals surface area contributed by atoms with E-state index in [0.29, 0.717) is 32.5 Å². The number of likely N-dealkylation sites (tertiary alicyclic amines) is 1. The van der Waals surface area contributed by atoms with Crippen molar-refractivity contribution in [2.24, 2.45) is 39.9 Å². The molecule has 0 aromatic heterocycles. The minimum absolute atomic E-state index is 0.00700. The summed E-state index contributed by atoms with van der Waals surface area (Å²) in [6, 6.07) is 10.3. The van der Waals surface area contributed by atoms with Crippen molar-refractivity contribution in [3.8, 4) is 0 Å². The highest BCUT2D eigenvalue weighted by Gasteiger charge is 2.75. The Morgan fingerprint density at radius 1 is 1.19 bits per heavy atom. The Bertz CT molecular complexity index is 1310. The van der Waals surface area contributed by atoms with Crippen molar-refractivity contribution in [3.63, 3.8) is 0 Å². The topological polar surface area (TPSA) is 104 Å². The van der Waals surface area contributed by atoms with Gasteiger partial charge in [0, 0.05) is 23.8 Å². The maximum atomic E-state index is 14.1. The van der Waals surface area contributed by atoms with Gasteiger partial charge < -0.3 is 10.2 Å². The second-order valence-corrected chi connectivity index (χ2v) is 15.0. The molecule has 8 heteroatoms. The normalized spacial score (nSPS) is 41.5. The Balaban J connectivity index is 1.36. The van der Waals surface area contributed by atoms with E-state index in [-0.39, 0.29) is 35.2 Å². The number of rotatable bonds is 9. The van der Waals surface area contributed by atoms with Crippen molar-refractivity contribution in [2.75, 3.05) is 26.3 Å². The van der Waals surface area contributed by atoms with Crippen LogP contribution in [0.1, 0.15) is 58.4 Å². The molecule has 1 aromatic carbocycles. The van der Waals surface area contributed by atoms with Crippen LogP contribution in [0, 0.1) is 39.9 Å². The fraction of sp³-hybridized carbons (Fsp3) is 0.647. The molecule has 5 aliphatic rings. The van der Waals surface area contributed by atoms with Crippen LogP contribution in [-0.2, 0) is 31.3 Å². The van der Waals surface area contributed by atoms with Crippen molar-refractivity contribution >= 4 is 22.6 Å². The van der Waals surface area contributed by atoms with Gasteiger partial charge in [0.2, 0.25) is 0 Å². The van der Waals surface area contributed by atoms with Gasteiger partial charge in [-0.3, -0.25) is 18.7 Å². The highest BCUT2D eigenvalue weighted by atomic mass is 32.2. The molecule has 0 bridgehead atoms. The molecule has 6 rings (SSSR count). The number of fused-ring (bicyclic) bond motifs is 7. The number of benzene rings is 1. The molecule has 10 unspecified atom stereocenters. The second kappa shape index (κ2) is 11.2. The van der Waals surface area contributed by atoms with Crippen LogP contribution in [-0.4, -0.2) is 68.7 Å². The molecular formula is C34H45NO6S. The minimum atomic E-state index is -1.63. The van der Waals surface area contributed by atoms with Crippen molar-refractivity contribution in [1.82, 2.24) is 4.90 Å². The van der Waals surface area contributed by atoms with Gasteiger partial charge in [-0.25, -0.2) is 4.21 Å². The summed E-state index contributed by atoms with van der Waals surface area (Å²) in [7, 11) is 0. The van der Waals surface area contributed by atoms with Crippen molar-refractivity contribution in [1.29, 1.82) is 0 Å². The van der Waals surface area contributed by atoms with Gasteiger partial charge >= 0.3 is 0 Å². The smallest absolute Gasteiger partial charge is 0.178 e. The van der Waals surface area contributed by atoms with E-state index in [4.69, 9.17) is 4.18 Å². The zero-order valence-electron chi connectivity index (χ0n) is 25.0. The van der Waals surface area contributed by atoms with E-state index in [1.165, 1.54) is 5.56 Å². The SMILES string of the molecule is CCOS(=O)C1C2CC3C4CCC5=CC(=O)C=CC5(C)C4C(O)CC3(C)C2(C(=O)CO)CN1CCCc1ccccc1. The van der Waals surface area contributed by atoms with E-state index in [2.05, 4.69) is 30.9 Å². The predicted molar refractivity (Wildman–Crippen MR) is 161 cm³/mol. The summed E-state index contributed by atoms with van der Waals surface area (Å²) in [6.45, 7) is 7.00. The Morgan fingerprint density at radius 2 is 1.95 bits per heavy atom. The first-order chi connectivity index (χ1) is 20.1. The minimum Gasteiger partial charge on any atom is -0.393 e. The number of aliphatic hydroxyl groups excluding tert-OH is 2. The summed E-state index contributed by atoms with van der Waals surface area (Å²) in [5.74, 6) is -0.206. The van der Waals surface area contributed by atoms with E-state index in [0.717, 1.165) is 31.3 Å². The first kappa shape index (κ1) is 30.1. The van der Waals surface area contributed by atoms with Crippen molar-refractivity contribution < 1.29 is 28.2 Å². The van der Waals surface area contributed by atoms with E-state index < -0.39 is 45.4 Å². The maximum Gasteiger partial charge on any atom is 0.178 e. The third kappa shape index (κ3) is 4.39. The van der Waals surface area contributed by atoms with Gasteiger partial charge in [0.15, 0.2) is 22.6 Å². The molecule has 42 heavy (non-hydrogen) atoms. The zero-order chi connectivity index (χ0) is 29.9. The lowest BCUT2D eigenvalue weighted by Gasteiger charge is -2.60. The Labute approximate surface area is 252 Å². The lowest BCUT2D eigenvalue weighted by atomic mass is 9.44. The van der Waals surface area contributed by atoms with Gasteiger partial charge in [0.05, 0.1) is 18.1 Å². The highest BCUT2D eigenvalue weighted by molar-refractivity contribution is 7.80. The maximum absolute atomic E-state index is 14.1. The molecule has 0 amide bonds. The summed E-state index contributed by atoms with van der Waals surface area (Å²) in [6.07, 6.45) is 9.26. The first-order valence-corrected chi connectivity index (χ1v) is 16.8. The quantitative estimate of drug-likeness (QED) is 0.445. The van der Waals surface area contributed by atoms with Crippen LogP contribution in [0.2, 0.25) is 0 Å². The van der Waals surface area contributed by atoms with Crippen LogP contribution in [0.15, 0.2) is 54.1 Å². The lowest BCUT2D eigenvalue weighted by Crippen LogP contribution is -2.60. The van der Waals surface area contributed by atoms with E-state index >= 15 is 0 Å². The van der Waals surface area contributed by atoms with Gasteiger partial charge in [0.25, 0.3) is 0 Å². The molecule has 10 atom stereocenters. The fourth-order valence-electron chi connectivity index (χ4n) is 10.4. The number of carbonyl (C=O) groups is 2. The van der Waals surface area contributed by atoms with Crippen LogP contribution in [0.4, 0.5) is 0 Å². The first-order valence-electron chi connectivity index (χ1n) is 15.7. The largest absolute Gasteiger partial charge is 0.393 e. The highest BCUT2D eigenvalue weighted by Crippen LogP contribution is 2.73. The van der Waals surface area contributed by atoms with Gasteiger partial charge in [-0.05, 0) is 87.0 Å². The lowest BCUT2D eigenvalue weighted by molar-refractivity contribution is -0.159. The second-order valence-electron chi connectivity index (χ2n) is 13.7. The van der Waals surface area contributed by atoms with Gasteiger partial charge in [-0.1, -0.05) is 55.8 Å². The zero-order valence-corrected chi connectivity index (χ0v) is 25.9. The molecule has 0 spiro atoms. The van der Waals surface area contributed by atoms with Crippen LogP contribution in [0.5, 0.6) is 0 Å². The summed E-state index contributed by atoms with van der Waals surface area (Å²) < 4.78 is 19.5. The van der Waals surface area contributed by atoms with Crippen molar-refractivity contribution in [3.05, 3.63) is 59.7 Å². The van der Waals surface area contributed by atoms with Crippen LogP contribution in [0.25, 0.3) is 0 Å². The Hall–Kier alpha value is -1.97. The number of ketones is 2. The number of hydrogen-bond donors (Lipinski definition) is 2. The number of allylic oxidation sites excluding steroid dienone is 4. The number of Topliss-reactive ketones (excluding diaryl/α,β-unsaturated/α-hetero) is 1. The molecule has 7 nitrogen and oxygen atoms in total. The molecular weight excluding hydrogens is 550 g/mol. The van der Waals surface area contributed by atoms with Crippen LogP contribution in [0.3, 0.4) is 0 Å². The van der Waals surface area contributed by atoms with Crippen LogP contribution < -0.4 is 0 Å². The monoisotopic (exact) mass is 595 g/mol. The standard InChI is InChI=1S/C34H45NO6S/c1-4-41-42(40)31-27-18-26-25-13-12-23-17-24(37)14-15-32(23,2)30(25)28(38)19-33(26,3)34(27,29(39)20-36)21-35(31)16-8-11-22-9-6-5-7-10-22/h5-7,9-10,14-15,17,25-28,30-31,36,38H,4,8,11-13,16,18-21H2,1-3H3. The number of hydrogen-bond acceptors (Lipinski definition) is 7. The molecule has 2 N–H and O–H groups in total. The number of aliphatic hydroxyl groups is 2. The Morgan fingerprint density at radius 3 is 2.67 bits per heavy atom. The van der Waals surface area contributed by atoms with Crippen molar-refractivity contribution in [2.45, 2.75) is 70.8 Å². The van der Waals surface area contributed by atoms with E-state index in [1.54, 1.807) is 12.2 Å². The molecule has 4 fully saturated rings. The molecule has 3 saturated carbocycles. The molecule has 1 aromatic rings. The summed E-state index contributed by atoms with van der Waals surface area (Å²) in [5, 5.41) is 21.9. The number of aryl methyl sites for hydroxylation is 1.